The van der Waals surface area contributed by atoms with Gasteiger partial charge in [-0.1, -0.05) is 41.4 Å². The zero-order valence-electron chi connectivity index (χ0n) is 25.0. The van der Waals surface area contributed by atoms with Crippen LogP contribution in [0, 0.1) is 11.2 Å². The minimum atomic E-state index is -1.39. The average Bonchev–Trinajstić information content (AvgIpc) is 3.45. The third-order valence-electron chi connectivity index (χ3n) is 12.2. The number of rotatable bonds is 4. The van der Waals surface area contributed by atoms with Crippen LogP contribution in [-0.2, 0) is 19.8 Å². The van der Waals surface area contributed by atoms with E-state index in [9.17, 15) is 19.5 Å². The van der Waals surface area contributed by atoms with E-state index < -0.39 is 39.9 Å². The molecular formula is C34H38Cl2FN3O4. The number of aliphatic hydroxyl groups is 1. The highest BCUT2D eigenvalue weighted by Gasteiger charge is 2.73. The molecular weight excluding hydrogens is 604 g/mol. The van der Waals surface area contributed by atoms with Gasteiger partial charge in [-0.05, 0) is 107 Å². The van der Waals surface area contributed by atoms with E-state index in [0.717, 1.165) is 19.3 Å². The molecule has 7 nitrogen and oxygen atoms in total. The molecule has 5 fully saturated rings. The lowest BCUT2D eigenvalue weighted by Crippen LogP contribution is -2.63. The Morgan fingerprint density at radius 3 is 2.27 bits per heavy atom. The van der Waals surface area contributed by atoms with Gasteiger partial charge in [-0.25, -0.2) is 4.39 Å². The Balaban J connectivity index is 1.38. The summed E-state index contributed by atoms with van der Waals surface area (Å²) in [4.78, 5) is 41.7. The molecule has 44 heavy (non-hydrogen) atoms. The molecule has 2 aliphatic heterocycles. The second-order valence-electron chi connectivity index (χ2n) is 14.4. The number of nitrogens with one attached hydrogen (secondary N) is 3. The number of Topliss-reactive ketones (excluding diaryl/α,β-unsaturated/α-hetero) is 1. The standard InChI is InChI=1S/C34H38Cl2FN3O4/c1-19(41)31-10-13-32(14-11-31,15-12-31)40-28(42)27-25(21-4-3-5-23(36)26(21)37)34(33(39-27)16-8-30(2,44)9-17-33)22-7-6-20(35)18-24(22)38-29(34)43/h3-7,18,25,27,39,44H,8-17H2,1-2H3,(H,38,43)(H,40,42)/t25-,27+,30?,31?,32?,33?,34+/m0/s1. The minimum Gasteiger partial charge on any atom is -0.390 e. The molecule has 10 heteroatoms. The molecule has 2 spiro atoms. The van der Waals surface area contributed by atoms with Crippen LogP contribution < -0.4 is 16.0 Å². The lowest BCUT2D eigenvalue weighted by Gasteiger charge is -2.53. The van der Waals surface area contributed by atoms with E-state index in [-0.39, 0.29) is 33.6 Å². The Kier molecular flexibility index (Phi) is 6.84. The normalized spacial score (nSPS) is 39.0. The largest absolute Gasteiger partial charge is 0.390 e. The molecule has 6 aliphatic rings. The first-order chi connectivity index (χ1) is 20.8. The van der Waals surface area contributed by atoms with Crippen molar-refractivity contribution in [2.45, 2.75) is 112 Å². The molecule has 234 valence electrons. The van der Waals surface area contributed by atoms with Gasteiger partial charge in [-0.2, -0.15) is 0 Å². The van der Waals surface area contributed by atoms with Crippen molar-refractivity contribution in [1.29, 1.82) is 0 Å². The van der Waals surface area contributed by atoms with Crippen molar-refractivity contribution in [1.82, 2.24) is 10.6 Å². The zero-order chi connectivity index (χ0) is 31.3. The van der Waals surface area contributed by atoms with Crippen molar-refractivity contribution in [2.24, 2.45) is 5.41 Å². The summed E-state index contributed by atoms with van der Waals surface area (Å²) in [5.41, 5.74) is -2.68. The van der Waals surface area contributed by atoms with Gasteiger partial charge in [0.1, 0.15) is 17.0 Å². The Bertz CT molecular complexity index is 1560. The summed E-state index contributed by atoms with van der Waals surface area (Å²) in [6, 6.07) is 8.98. The Morgan fingerprint density at radius 1 is 0.977 bits per heavy atom. The van der Waals surface area contributed by atoms with Gasteiger partial charge in [0.25, 0.3) is 0 Å². The summed E-state index contributed by atoms with van der Waals surface area (Å²) in [7, 11) is 0. The molecule has 3 atom stereocenters. The highest BCUT2D eigenvalue weighted by Crippen LogP contribution is 2.63. The SMILES string of the molecule is CC(=O)C12CCC(NC(=O)[C@@H]3NC4(CCC(C)(O)CC4)[C@@]4(C(=O)Nc5cc(Cl)ccc54)[C@H]3c3cccc(Cl)c3F)(CC1)CC2. The summed E-state index contributed by atoms with van der Waals surface area (Å²) in [5, 5.41) is 21.4. The number of anilines is 1. The monoisotopic (exact) mass is 641 g/mol. The Labute approximate surface area is 266 Å². The Morgan fingerprint density at radius 2 is 1.64 bits per heavy atom. The van der Waals surface area contributed by atoms with Crippen molar-refractivity contribution >= 4 is 46.5 Å². The fourth-order valence-corrected chi connectivity index (χ4v) is 9.87. The van der Waals surface area contributed by atoms with Crippen molar-refractivity contribution in [3.05, 3.63) is 63.4 Å². The molecule has 8 rings (SSSR count). The maximum atomic E-state index is 16.2. The first kappa shape index (κ1) is 30.2. The summed E-state index contributed by atoms with van der Waals surface area (Å²) in [5.74, 6) is -2.02. The molecule has 0 unspecified atom stereocenters. The molecule has 2 amide bonds. The fraction of sp³-hybridized carbons (Fsp3) is 0.559. The zero-order valence-corrected chi connectivity index (χ0v) is 26.5. The second kappa shape index (κ2) is 9.99. The molecule has 0 aromatic heterocycles. The van der Waals surface area contributed by atoms with Gasteiger partial charge in [0, 0.05) is 33.1 Å². The Hall–Kier alpha value is -2.52. The predicted octanol–water partition coefficient (Wildman–Crippen LogP) is 5.94. The van der Waals surface area contributed by atoms with E-state index in [1.165, 1.54) is 6.07 Å². The second-order valence-corrected chi connectivity index (χ2v) is 15.2. The number of benzene rings is 2. The molecule has 2 heterocycles. The van der Waals surface area contributed by atoms with E-state index in [1.54, 1.807) is 38.1 Å². The number of halogens is 3. The summed E-state index contributed by atoms with van der Waals surface area (Å²) < 4.78 is 16.2. The van der Waals surface area contributed by atoms with Gasteiger partial charge in [0.2, 0.25) is 11.8 Å². The van der Waals surface area contributed by atoms with Crippen LogP contribution in [0.2, 0.25) is 10.0 Å². The topological polar surface area (TPSA) is 108 Å². The number of fused-ring (bicyclic) bond motifs is 6. The number of ketones is 1. The van der Waals surface area contributed by atoms with E-state index >= 15 is 4.39 Å². The van der Waals surface area contributed by atoms with E-state index in [0.29, 0.717) is 61.2 Å². The third kappa shape index (κ3) is 4.16. The number of amides is 2. The van der Waals surface area contributed by atoms with Crippen LogP contribution in [0.1, 0.15) is 95.1 Å². The minimum absolute atomic E-state index is 0.0854. The van der Waals surface area contributed by atoms with E-state index in [1.807, 2.05) is 6.07 Å². The number of hydrogen-bond donors (Lipinski definition) is 4. The summed E-state index contributed by atoms with van der Waals surface area (Å²) in [6.45, 7) is 3.45. The predicted molar refractivity (Wildman–Crippen MR) is 166 cm³/mol. The molecule has 1 saturated heterocycles. The average molecular weight is 643 g/mol. The van der Waals surface area contributed by atoms with Gasteiger partial charge in [-0.15, -0.1) is 0 Å². The summed E-state index contributed by atoms with van der Waals surface area (Å²) in [6.07, 6.45) is 5.86. The third-order valence-corrected chi connectivity index (χ3v) is 12.7. The van der Waals surface area contributed by atoms with E-state index in [4.69, 9.17) is 23.2 Å². The van der Waals surface area contributed by atoms with Gasteiger partial charge in [0.15, 0.2) is 0 Å². The first-order valence-electron chi connectivity index (χ1n) is 15.7. The van der Waals surface area contributed by atoms with Crippen LogP contribution in [0.5, 0.6) is 0 Å². The van der Waals surface area contributed by atoms with Crippen LogP contribution in [0.3, 0.4) is 0 Å². The van der Waals surface area contributed by atoms with Crippen LogP contribution in [0.15, 0.2) is 36.4 Å². The van der Waals surface area contributed by atoms with Gasteiger partial charge >= 0.3 is 0 Å². The van der Waals surface area contributed by atoms with E-state index in [2.05, 4.69) is 16.0 Å². The van der Waals surface area contributed by atoms with Crippen molar-refractivity contribution < 1.29 is 23.9 Å². The van der Waals surface area contributed by atoms with Crippen LogP contribution in [0.25, 0.3) is 0 Å². The van der Waals surface area contributed by atoms with Gasteiger partial charge in [0.05, 0.1) is 16.7 Å². The van der Waals surface area contributed by atoms with Crippen LogP contribution >= 0.6 is 23.2 Å². The molecule has 0 radical (unpaired) electrons. The highest BCUT2D eigenvalue weighted by atomic mass is 35.5. The van der Waals surface area contributed by atoms with Crippen molar-refractivity contribution in [3.63, 3.8) is 0 Å². The number of carbonyl (C=O) groups excluding carboxylic acids is 3. The van der Waals surface area contributed by atoms with Crippen LogP contribution in [0.4, 0.5) is 10.1 Å². The van der Waals surface area contributed by atoms with Crippen molar-refractivity contribution in [2.75, 3.05) is 5.32 Å². The van der Waals surface area contributed by atoms with Gasteiger partial charge in [-0.3, -0.25) is 19.7 Å². The lowest BCUT2D eigenvalue weighted by atomic mass is 9.54. The van der Waals surface area contributed by atoms with Crippen molar-refractivity contribution in [3.8, 4) is 0 Å². The van der Waals surface area contributed by atoms with Crippen LogP contribution in [-0.4, -0.2) is 45.4 Å². The summed E-state index contributed by atoms with van der Waals surface area (Å²) >= 11 is 12.7. The highest BCUT2D eigenvalue weighted by molar-refractivity contribution is 6.31. The maximum absolute atomic E-state index is 16.2. The quantitative estimate of drug-likeness (QED) is 0.331. The first-order valence-corrected chi connectivity index (χ1v) is 16.4. The lowest BCUT2D eigenvalue weighted by molar-refractivity contribution is -0.136. The van der Waals surface area contributed by atoms with Gasteiger partial charge < -0.3 is 15.7 Å². The molecule has 4 saturated carbocycles. The number of hydrogen-bond acceptors (Lipinski definition) is 5. The smallest absolute Gasteiger partial charge is 0.238 e. The molecule has 2 bridgehead atoms. The molecule has 4 N–H and O–H groups in total. The molecule has 2 aromatic rings. The molecule has 2 aromatic carbocycles. The fourth-order valence-electron chi connectivity index (χ4n) is 9.52. The maximum Gasteiger partial charge on any atom is 0.238 e. The molecule has 4 aliphatic carbocycles. The number of carbonyl (C=O) groups is 3.